The lowest BCUT2D eigenvalue weighted by Crippen LogP contribution is -2.22. The van der Waals surface area contributed by atoms with Gasteiger partial charge in [0.05, 0.1) is 10.4 Å². The van der Waals surface area contributed by atoms with Crippen LogP contribution >= 0.6 is 11.3 Å². The summed E-state index contributed by atoms with van der Waals surface area (Å²) >= 11 is 1.35. The van der Waals surface area contributed by atoms with Crippen LogP contribution in [0, 0.1) is 17.7 Å². The first kappa shape index (κ1) is 14.3. The Morgan fingerprint density at radius 2 is 2.10 bits per heavy atom. The van der Waals surface area contributed by atoms with Crippen molar-refractivity contribution in [1.82, 2.24) is 5.32 Å². The molecule has 0 unspecified atom stereocenters. The Bertz CT molecular complexity index is 653. The molecule has 102 valence electrons. The summed E-state index contributed by atoms with van der Waals surface area (Å²) in [7, 11) is 0. The van der Waals surface area contributed by atoms with E-state index in [0.717, 1.165) is 10.4 Å². The molecule has 0 spiro atoms. The molecule has 0 radical (unpaired) electrons. The number of nitrogens with one attached hydrogen (secondary N) is 1. The summed E-state index contributed by atoms with van der Waals surface area (Å²) in [5, 5.41) is 13.1. The van der Waals surface area contributed by atoms with E-state index in [1.807, 2.05) is 0 Å². The standard InChI is InChI=1S/C15H12FNO2S/c16-13-5-3-11(4-6-13)9-17-15(19)12-8-14(20-10-12)2-1-7-18/h3-6,8,10,18H,7,9H2,(H,17,19). The van der Waals surface area contributed by atoms with E-state index in [2.05, 4.69) is 17.2 Å². The van der Waals surface area contributed by atoms with Crippen LogP contribution in [0.4, 0.5) is 4.39 Å². The van der Waals surface area contributed by atoms with Gasteiger partial charge in [0.15, 0.2) is 0 Å². The van der Waals surface area contributed by atoms with Gasteiger partial charge in [0.2, 0.25) is 0 Å². The molecule has 0 aliphatic rings. The van der Waals surface area contributed by atoms with Gasteiger partial charge >= 0.3 is 0 Å². The summed E-state index contributed by atoms with van der Waals surface area (Å²) in [4.78, 5) is 12.6. The summed E-state index contributed by atoms with van der Waals surface area (Å²) in [6.07, 6.45) is 0. The predicted molar refractivity (Wildman–Crippen MR) is 75.9 cm³/mol. The highest BCUT2D eigenvalue weighted by atomic mass is 32.1. The van der Waals surface area contributed by atoms with Crippen LogP contribution in [0.5, 0.6) is 0 Å². The van der Waals surface area contributed by atoms with Gasteiger partial charge in [-0.15, -0.1) is 11.3 Å². The fraction of sp³-hybridized carbons (Fsp3) is 0.133. The maximum atomic E-state index is 12.7. The summed E-state index contributed by atoms with van der Waals surface area (Å²) in [5.74, 6) is 4.77. The van der Waals surface area contributed by atoms with Gasteiger partial charge in [0.25, 0.3) is 5.91 Å². The molecule has 0 saturated heterocycles. The Balaban J connectivity index is 1.94. The maximum Gasteiger partial charge on any atom is 0.252 e. The zero-order chi connectivity index (χ0) is 14.4. The molecule has 0 saturated carbocycles. The van der Waals surface area contributed by atoms with Gasteiger partial charge in [0.1, 0.15) is 12.4 Å². The first-order valence-corrected chi connectivity index (χ1v) is 6.78. The molecule has 5 heteroatoms. The van der Waals surface area contributed by atoms with Crippen LogP contribution < -0.4 is 5.32 Å². The normalized spacial score (nSPS) is 9.70. The summed E-state index contributed by atoms with van der Waals surface area (Å²) in [6, 6.07) is 7.64. The number of thiophene rings is 1. The molecule has 20 heavy (non-hydrogen) atoms. The number of hydrogen-bond donors (Lipinski definition) is 2. The summed E-state index contributed by atoms with van der Waals surface area (Å²) in [5.41, 5.74) is 1.36. The molecule has 0 atom stereocenters. The number of aliphatic hydroxyl groups excluding tert-OH is 1. The van der Waals surface area contributed by atoms with Gasteiger partial charge in [-0.25, -0.2) is 4.39 Å². The topological polar surface area (TPSA) is 49.3 Å². The molecule has 2 N–H and O–H groups in total. The third-order valence-electron chi connectivity index (χ3n) is 2.52. The number of halogens is 1. The molecule has 0 fully saturated rings. The molecule has 1 aromatic carbocycles. The number of aliphatic hydroxyl groups is 1. The Kier molecular flexibility index (Phi) is 4.88. The van der Waals surface area contributed by atoms with Gasteiger partial charge in [-0.05, 0) is 23.8 Å². The summed E-state index contributed by atoms with van der Waals surface area (Å²) < 4.78 is 12.7. The SMILES string of the molecule is O=C(NCc1ccc(F)cc1)c1csc(C#CCO)c1. The second kappa shape index (κ2) is 6.85. The fourth-order valence-electron chi connectivity index (χ4n) is 1.53. The lowest BCUT2D eigenvalue weighted by atomic mass is 10.2. The molecule has 0 bridgehead atoms. The van der Waals surface area contributed by atoms with E-state index in [0.29, 0.717) is 12.1 Å². The number of amides is 1. The van der Waals surface area contributed by atoms with E-state index in [1.54, 1.807) is 23.6 Å². The minimum Gasteiger partial charge on any atom is -0.384 e. The highest BCUT2D eigenvalue weighted by molar-refractivity contribution is 7.10. The highest BCUT2D eigenvalue weighted by Gasteiger charge is 2.07. The van der Waals surface area contributed by atoms with Crippen molar-refractivity contribution in [3.05, 3.63) is 57.5 Å². The molecule has 0 aliphatic heterocycles. The molecule has 3 nitrogen and oxygen atoms in total. The number of rotatable bonds is 3. The average Bonchev–Trinajstić information content (AvgIpc) is 2.93. The van der Waals surface area contributed by atoms with Crippen molar-refractivity contribution >= 4 is 17.2 Å². The molecule has 1 aromatic heterocycles. The van der Waals surface area contributed by atoms with Crippen LogP contribution in [-0.2, 0) is 6.54 Å². The lowest BCUT2D eigenvalue weighted by molar-refractivity contribution is 0.0951. The molecule has 0 aliphatic carbocycles. The van der Waals surface area contributed by atoms with Crippen LogP contribution in [0.1, 0.15) is 20.8 Å². The van der Waals surface area contributed by atoms with E-state index in [9.17, 15) is 9.18 Å². The van der Waals surface area contributed by atoms with Crippen molar-refractivity contribution in [1.29, 1.82) is 0 Å². The number of benzene rings is 1. The Morgan fingerprint density at radius 3 is 2.80 bits per heavy atom. The quantitative estimate of drug-likeness (QED) is 0.851. The zero-order valence-corrected chi connectivity index (χ0v) is 11.3. The lowest BCUT2D eigenvalue weighted by Gasteiger charge is -2.03. The van der Waals surface area contributed by atoms with Crippen LogP contribution in [-0.4, -0.2) is 17.6 Å². The van der Waals surface area contributed by atoms with Crippen molar-refractivity contribution in [3.8, 4) is 11.8 Å². The van der Waals surface area contributed by atoms with Crippen molar-refractivity contribution in [2.75, 3.05) is 6.61 Å². The molecule has 1 amide bonds. The number of carbonyl (C=O) groups excluding carboxylic acids is 1. The van der Waals surface area contributed by atoms with E-state index in [1.165, 1.54) is 23.5 Å². The van der Waals surface area contributed by atoms with Crippen molar-refractivity contribution in [3.63, 3.8) is 0 Å². The van der Waals surface area contributed by atoms with Gasteiger partial charge in [-0.3, -0.25) is 4.79 Å². The van der Waals surface area contributed by atoms with E-state index in [-0.39, 0.29) is 18.3 Å². The average molecular weight is 289 g/mol. The van der Waals surface area contributed by atoms with Crippen molar-refractivity contribution < 1.29 is 14.3 Å². The third-order valence-corrected chi connectivity index (χ3v) is 3.36. The second-order valence-corrected chi connectivity index (χ2v) is 4.88. The van der Waals surface area contributed by atoms with Gasteiger partial charge in [-0.2, -0.15) is 0 Å². The smallest absolute Gasteiger partial charge is 0.252 e. The molecular weight excluding hydrogens is 277 g/mol. The third kappa shape index (κ3) is 3.92. The van der Waals surface area contributed by atoms with Gasteiger partial charge in [0, 0.05) is 11.9 Å². The second-order valence-electron chi connectivity index (χ2n) is 3.97. The van der Waals surface area contributed by atoms with Gasteiger partial charge < -0.3 is 10.4 Å². The van der Waals surface area contributed by atoms with Crippen LogP contribution in [0.2, 0.25) is 0 Å². The Labute approximate surface area is 120 Å². The first-order chi connectivity index (χ1) is 9.69. The van der Waals surface area contributed by atoms with Crippen LogP contribution in [0.15, 0.2) is 35.7 Å². The minimum absolute atomic E-state index is 0.204. The zero-order valence-electron chi connectivity index (χ0n) is 10.5. The number of carbonyl (C=O) groups is 1. The van der Waals surface area contributed by atoms with Crippen LogP contribution in [0.25, 0.3) is 0 Å². The number of hydrogen-bond acceptors (Lipinski definition) is 3. The van der Waals surface area contributed by atoms with Gasteiger partial charge in [-0.1, -0.05) is 24.0 Å². The van der Waals surface area contributed by atoms with Crippen molar-refractivity contribution in [2.45, 2.75) is 6.54 Å². The Morgan fingerprint density at radius 1 is 1.35 bits per heavy atom. The largest absolute Gasteiger partial charge is 0.384 e. The maximum absolute atomic E-state index is 12.7. The fourth-order valence-corrected chi connectivity index (χ4v) is 2.29. The molecule has 2 rings (SSSR count). The van der Waals surface area contributed by atoms with E-state index >= 15 is 0 Å². The highest BCUT2D eigenvalue weighted by Crippen LogP contribution is 2.13. The molecular formula is C15H12FNO2S. The molecule has 1 heterocycles. The first-order valence-electron chi connectivity index (χ1n) is 5.90. The predicted octanol–water partition coefficient (Wildman–Crippen LogP) is 2.16. The monoisotopic (exact) mass is 289 g/mol. The van der Waals surface area contributed by atoms with E-state index in [4.69, 9.17) is 5.11 Å². The summed E-state index contributed by atoms with van der Waals surface area (Å²) in [6.45, 7) is 0.136. The van der Waals surface area contributed by atoms with Crippen molar-refractivity contribution in [2.24, 2.45) is 0 Å². The minimum atomic E-state index is -0.301. The van der Waals surface area contributed by atoms with E-state index < -0.39 is 0 Å². The Hall–Kier alpha value is -2.16. The van der Waals surface area contributed by atoms with Crippen LogP contribution in [0.3, 0.4) is 0 Å². The molecule has 2 aromatic rings.